The van der Waals surface area contributed by atoms with Crippen molar-refractivity contribution in [2.45, 2.75) is 6.04 Å². The Labute approximate surface area is 144 Å². The number of halogens is 2. The quantitative estimate of drug-likeness (QED) is 0.742. The summed E-state index contributed by atoms with van der Waals surface area (Å²) in [7, 11) is 0. The van der Waals surface area contributed by atoms with Crippen LogP contribution in [0.3, 0.4) is 0 Å². The Bertz CT molecular complexity index is 736. The maximum absolute atomic E-state index is 14.0. The highest BCUT2D eigenvalue weighted by Gasteiger charge is 2.31. The third-order valence-corrected chi connectivity index (χ3v) is 5.50. The van der Waals surface area contributed by atoms with E-state index in [-0.39, 0.29) is 11.9 Å². The minimum Gasteiger partial charge on any atom is -0.358 e. The third-order valence-electron chi connectivity index (χ3n) is 3.10. The Balaban J connectivity index is 2.20. The number of nitrogens with one attached hydrogen (secondary N) is 1. The van der Waals surface area contributed by atoms with Crippen LogP contribution >= 0.6 is 52.1 Å². The number of thiocarbonyl (C=S) groups is 2. The fraction of sp³-hybridized carbons (Fsp3) is 0.0714. The van der Waals surface area contributed by atoms with E-state index in [1.165, 1.54) is 17.8 Å². The number of aromatic nitrogens is 1. The molecule has 0 radical (unpaired) electrons. The first-order valence-corrected chi connectivity index (χ1v) is 8.41. The van der Waals surface area contributed by atoms with E-state index in [0.29, 0.717) is 13.0 Å². The average molecular weight is 399 g/mol. The number of hydrogen-bond donors (Lipinski definition) is 1. The van der Waals surface area contributed by atoms with Gasteiger partial charge in [-0.3, -0.25) is 4.98 Å². The van der Waals surface area contributed by atoms with Crippen LogP contribution in [-0.4, -0.2) is 13.5 Å². The van der Waals surface area contributed by atoms with Gasteiger partial charge in [0.1, 0.15) is 10.1 Å². The highest BCUT2D eigenvalue weighted by Crippen LogP contribution is 2.40. The van der Waals surface area contributed by atoms with E-state index in [4.69, 9.17) is 24.4 Å². The molecule has 1 N–H and O–H groups in total. The molecule has 1 aliphatic rings. The van der Waals surface area contributed by atoms with Gasteiger partial charge >= 0.3 is 0 Å². The molecule has 0 spiro atoms. The number of rotatable bonds is 2. The lowest BCUT2D eigenvalue weighted by atomic mass is 9.96. The molecule has 1 saturated heterocycles. The summed E-state index contributed by atoms with van der Waals surface area (Å²) in [5, 5.41) is 3.14. The predicted molar refractivity (Wildman–Crippen MR) is 96.0 cm³/mol. The molecule has 2 heterocycles. The first-order chi connectivity index (χ1) is 10.1. The molecule has 1 atom stereocenters. The van der Waals surface area contributed by atoms with Crippen molar-refractivity contribution in [1.29, 1.82) is 0 Å². The summed E-state index contributed by atoms with van der Waals surface area (Å²) >= 11 is 15.2. The summed E-state index contributed by atoms with van der Waals surface area (Å²) in [6.45, 7) is 0. The lowest BCUT2D eigenvalue weighted by Gasteiger charge is -2.18. The van der Waals surface area contributed by atoms with Gasteiger partial charge in [0.15, 0.2) is 0 Å². The Morgan fingerprint density at radius 1 is 1.19 bits per heavy atom. The van der Waals surface area contributed by atoms with Crippen LogP contribution in [0.2, 0.25) is 0 Å². The fourth-order valence-corrected chi connectivity index (χ4v) is 4.38. The van der Waals surface area contributed by atoms with Crippen molar-refractivity contribution in [2.24, 2.45) is 0 Å². The van der Waals surface area contributed by atoms with Crippen molar-refractivity contribution in [3.63, 3.8) is 0 Å². The van der Waals surface area contributed by atoms with E-state index < -0.39 is 0 Å². The number of hydrogen-bond acceptors (Lipinski definition) is 4. The van der Waals surface area contributed by atoms with Gasteiger partial charge in [-0.05, 0) is 45.3 Å². The molecule has 2 aromatic rings. The van der Waals surface area contributed by atoms with Gasteiger partial charge in [0.2, 0.25) is 0 Å². The largest absolute Gasteiger partial charge is 0.358 e. The number of pyridine rings is 1. The number of thioether (sulfide) groups is 1. The highest BCUT2D eigenvalue weighted by molar-refractivity contribution is 9.10. The molecular formula is C14H8BrFN2S3. The minimum absolute atomic E-state index is 0.286. The van der Waals surface area contributed by atoms with Crippen molar-refractivity contribution in [1.82, 2.24) is 10.3 Å². The maximum Gasteiger partial charge on any atom is 0.139 e. The topological polar surface area (TPSA) is 24.9 Å². The Hall–Kier alpha value is -0.890. The number of nitrogens with zero attached hydrogens (tertiary/aromatic N) is 1. The standard InChI is InChI=1S/C14H8BrFN2S3/c15-11-9(16)2-1-8(7-3-5-17-6-4-7)10(11)12-13(19)21-14(20)18-12/h1-6,12H,(H,18,20). The summed E-state index contributed by atoms with van der Waals surface area (Å²) in [6.07, 6.45) is 3.41. The molecule has 106 valence electrons. The van der Waals surface area contributed by atoms with Crippen molar-refractivity contribution < 1.29 is 4.39 Å². The summed E-state index contributed by atoms with van der Waals surface area (Å²) in [5.41, 5.74) is 2.61. The van der Waals surface area contributed by atoms with Gasteiger partial charge in [-0.15, -0.1) is 0 Å². The van der Waals surface area contributed by atoms with E-state index in [2.05, 4.69) is 26.2 Å². The van der Waals surface area contributed by atoms with Gasteiger partial charge in [-0.25, -0.2) is 4.39 Å². The van der Waals surface area contributed by atoms with Gasteiger partial charge in [0.05, 0.1) is 14.7 Å². The van der Waals surface area contributed by atoms with Crippen molar-refractivity contribution in [2.75, 3.05) is 0 Å². The smallest absolute Gasteiger partial charge is 0.139 e. The lowest BCUT2D eigenvalue weighted by molar-refractivity contribution is 0.616. The fourth-order valence-electron chi connectivity index (χ4n) is 2.18. The normalized spacial score (nSPS) is 17.9. The molecule has 2 nitrogen and oxygen atoms in total. The molecule has 1 fully saturated rings. The molecule has 1 aromatic carbocycles. The van der Waals surface area contributed by atoms with Gasteiger partial charge < -0.3 is 5.32 Å². The van der Waals surface area contributed by atoms with E-state index in [9.17, 15) is 4.39 Å². The van der Waals surface area contributed by atoms with Gasteiger partial charge in [0.25, 0.3) is 0 Å². The molecule has 1 aromatic heterocycles. The lowest BCUT2D eigenvalue weighted by Crippen LogP contribution is -2.21. The second-order valence-electron chi connectivity index (χ2n) is 4.34. The second-order valence-corrected chi connectivity index (χ2v) is 7.55. The minimum atomic E-state index is -0.324. The van der Waals surface area contributed by atoms with Crippen LogP contribution in [-0.2, 0) is 0 Å². The zero-order chi connectivity index (χ0) is 15.0. The van der Waals surface area contributed by atoms with Crippen LogP contribution in [0.15, 0.2) is 41.1 Å². The van der Waals surface area contributed by atoms with Crippen molar-refractivity contribution in [3.05, 3.63) is 52.5 Å². The van der Waals surface area contributed by atoms with Crippen molar-refractivity contribution >= 4 is 60.6 Å². The molecule has 3 rings (SSSR count). The molecule has 1 unspecified atom stereocenters. The van der Waals surface area contributed by atoms with Crippen LogP contribution in [0.5, 0.6) is 0 Å². The predicted octanol–water partition coefficient (Wildman–Crippen LogP) is 4.64. The van der Waals surface area contributed by atoms with Gasteiger partial charge in [0, 0.05) is 18.0 Å². The molecule has 1 aliphatic heterocycles. The van der Waals surface area contributed by atoms with Crippen molar-refractivity contribution in [3.8, 4) is 11.1 Å². The second kappa shape index (κ2) is 6.08. The van der Waals surface area contributed by atoms with E-state index in [1.807, 2.05) is 12.1 Å². The molecule has 0 bridgehead atoms. The van der Waals surface area contributed by atoms with Crippen LogP contribution < -0.4 is 5.32 Å². The molecule has 7 heteroatoms. The zero-order valence-electron chi connectivity index (χ0n) is 10.5. The van der Waals surface area contributed by atoms with Gasteiger partial charge in [-0.1, -0.05) is 42.3 Å². The molecule has 0 saturated carbocycles. The molecule has 0 amide bonds. The SMILES string of the molecule is Fc1ccc(-c2ccncc2)c(C2NC(=S)SC2=S)c1Br. The van der Waals surface area contributed by atoms with E-state index in [0.717, 1.165) is 16.7 Å². The Morgan fingerprint density at radius 2 is 1.90 bits per heavy atom. The van der Waals surface area contributed by atoms with Gasteiger partial charge in [-0.2, -0.15) is 0 Å². The third kappa shape index (κ3) is 2.88. The Kier molecular flexibility index (Phi) is 4.35. The maximum atomic E-state index is 14.0. The summed E-state index contributed by atoms with van der Waals surface area (Å²) in [6, 6.07) is 6.67. The first-order valence-electron chi connectivity index (χ1n) is 5.98. The van der Waals surface area contributed by atoms with Crippen LogP contribution in [0, 0.1) is 5.82 Å². The number of benzene rings is 1. The molecule has 0 aliphatic carbocycles. The average Bonchev–Trinajstić information content (AvgIpc) is 2.81. The summed E-state index contributed by atoms with van der Waals surface area (Å²) in [4.78, 5) is 4.01. The Morgan fingerprint density at radius 3 is 2.52 bits per heavy atom. The van der Waals surface area contributed by atoms with Crippen LogP contribution in [0.4, 0.5) is 4.39 Å². The molecule has 21 heavy (non-hydrogen) atoms. The van der Waals surface area contributed by atoms with E-state index in [1.54, 1.807) is 18.5 Å². The summed E-state index contributed by atoms with van der Waals surface area (Å²) < 4.78 is 15.7. The zero-order valence-corrected chi connectivity index (χ0v) is 14.5. The first kappa shape index (κ1) is 15.0. The molecular weight excluding hydrogens is 391 g/mol. The monoisotopic (exact) mass is 398 g/mol. The summed E-state index contributed by atoms with van der Waals surface area (Å²) in [5.74, 6) is -0.324. The van der Waals surface area contributed by atoms with E-state index >= 15 is 0 Å². The van der Waals surface area contributed by atoms with Crippen LogP contribution in [0.1, 0.15) is 11.6 Å². The highest BCUT2D eigenvalue weighted by atomic mass is 79.9. The van der Waals surface area contributed by atoms with Crippen LogP contribution in [0.25, 0.3) is 11.1 Å².